The SMILES string of the molecule is CC(C)(O)CC(=O)N1CCn2c(nc(-c3ccc(F)cc3)c2Nc2ccc(C#N)cc2)C1. The second kappa shape index (κ2) is 8.44. The number of hydrogen-bond donors (Lipinski definition) is 2. The summed E-state index contributed by atoms with van der Waals surface area (Å²) in [5.74, 6) is 0.987. The van der Waals surface area contributed by atoms with Crippen LogP contribution in [0.15, 0.2) is 48.5 Å². The Morgan fingerprint density at radius 2 is 1.88 bits per heavy atom. The van der Waals surface area contributed by atoms with Crippen LogP contribution in [0.4, 0.5) is 15.9 Å². The van der Waals surface area contributed by atoms with Gasteiger partial charge in [-0.05, 0) is 62.4 Å². The molecule has 0 fully saturated rings. The second-order valence-electron chi connectivity index (χ2n) is 8.50. The molecule has 0 saturated heterocycles. The molecular formula is C24H24FN5O2. The highest BCUT2D eigenvalue weighted by Crippen LogP contribution is 2.33. The number of anilines is 2. The molecule has 1 aliphatic rings. The van der Waals surface area contributed by atoms with Crippen LogP contribution in [-0.2, 0) is 17.9 Å². The van der Waals surface area contributed by atoms with Gasteiger partial charge in [-0.3, -0.25) is 4.79 Å². The molecule has 2 N–H and O–H groups in total. The lowest BCUT2D eigenvalue weighted by Gasteiger charge is -2.30. The quantitative estimate of drug-likeness (QED) is 0.638. The van der Waals surface area contributed by atoms with Crippen molar-refractivity contribution in [3.05, 3.63) is 65.7 Å². The molecule has 0 aliphatic carbocycles. The fourth-order valence-corrected chi connectivity index (χ4v) is 3.73. The summed E-state index contributed by atoms with van der Waals surface area (Å²) in [4.78, 5) is 19.1. The standard InChI is InChI=1S/C24H24FN5O2/c1-24(2,32)13-21(31)29-11-12-30-20(15-29)28-22(17-5-7-18(25)8-6-17)23(30)27-19-9-3-16(14-26)4-10-19/h3-10,27,32H,11-13,15H2,1-2H3. The number of nitrogens with zero attached hydrogens (tertiary/aromatic N) is 4. The van der Waals surface area contributed by atoms with Crippen molar-refractivity contribution in [2.24, 2.45) is 0 Å². The Hall–Kier alpha value is -3.70. The fraction of sp³-hybridized carbons (Fsp3) is 0.292. The summed E-state index contributed by atoms with van der Waals surface area (Å²) in [5.41, 5.74) is 1.67. The Labute approximate surface area is 185 Å². The third kappa shape index (κ3) is 4.63. The van der Waals surface area contributed by atoms with Crippen LogP contribution in [0.1, 0.15) is 31.7 Å². The van der Waals surface area contributed by atoms with E-state index in [1.54, 1.807) is 43.0 Å². The van der Waals surface area contributed by atoms with E-state index < -0.39 is 5.60 Å². The maximum Gasteiger partial charge on any atom is 0.225 e. The second-order valence-corrected chi connectivity index (χ2v) is 8.50. The van der Waals surface area contributed by atoms with Crippen molar-refractivity contribution in [3.63, 3.8) is 0 Å². The van der Waals surface area contributed by atoms with Gasteiger partial charge in [0, 0.05) is 24.3 Å². The monoisotopic (exact) mass is 433 g/mol. The molecule has 0 saturated carbocycles. The molecule has 1 aromatic heterocycles. The maximum absolute atomic E-state index is 13.5. The molecule has 0 unspecified atom stereocenters. The molecule has 32 heavy (non-hydrogen) atoms. The molecule has 2 heterocycles. The molecule has 4 rings (SSSR count). The number of rotatable bonds is 5. The summed E-state index contributed by atoms with van der Waals surface area (Å²) in [6.45, 7) is 4.56. The zero-order valence-electron chi connectivity index (χ0n) is 18.0. The number of nitrogens with one attached hydrogen (secondary N) is 1. The Morgan fingerprint density at radius 3 is 2.50 bits per heavy atom. The number of aromatic nitrogens is 2. The first-order valence-electron chi connectivity index (χ1n) is 10.4. The molecule has 3 aromatic rings. The highest BCUT2D eigenvalue weighted by atomic mass is 19.1. The van der Waals surface area contributed by atoms with Gasteiger partial charge in [-0.2, -0.15) is 5.26 Å². The average Bonchev–Trinajstić information content (AvgIpc) is 3.11. The molecule has 0 atom stereocenters. The summed E-state index contributed by atoms with van der Waals surface area (Å²) in [5, 5.41) is 22.4. The van der Waals surface area contributed by atoms with E-state index in [2.05, 4.69) is 11.4 Å². The minimum absolute atomic E-state index is 0.0366. The average molecular weight is 433 g/mol. The maximum atomic E-state index is 13.5. The number of hydrogen-bond acceptors (Lipinski definition) is 5. The summed E-state index contributed by atoms with van der Waals surface area (Å²) < 4.78 is 15.5. The zero-order chi connectivity index (χ0) is 22.9. The van der Waals surface area contributed by atoms with Gasteiger partial charge in [0.15, 0.2) is 0 Å². The summed E-state index contributed by atoms with van der Waals surface area (Å²) in [7, 11) is 0. The molecular weight excluding hydrogens is 409 g/mol. The number of amides is 1. The first-order valence-corrected chi connectivity index (χ1v) is 10.4. The summed E-state index contributed by atoms with van der Waals surface area (Å²) in [6, 6.07) is 15.3. The molecule has 2 aromatic carbocycles. The number of aliphatic hydroxyl groups is 1. The minimum atomic E-state index is -1.08. The van der Waals surface area contributed by atoms with Crippen LogP contribution in [0, 0.1) is 17.1 Å². The first kappa shape index (κ1) is 21.5. The molecule has 0 bridgehead atoms. The number of carbonyl (C=O) groups is 1. The van der Waals surface area contributed by atoms with Gasteiger partial charge in [0.05, 0.1) is 30.2 Å². The lowest BCUT2D eigenvalue weighted by atomic mass is 10.0. The molecule has 0 radical (unpaired) electrons. The largest absolute Gasteiger partial charge is 0.390 e. The van der Waals surface area contributed by atoms with E-state index in [9.17, 15) is 14.3 Å². The lowest BCUT2D eigenvalue weighted by molar-refractivity contribution is -0.136. The van der Waals surface area contributed by atoms with Crippen molar-refractivity contribution in [2.75, 3.05) is 11.9 Å². The number of imidazole rings is 1. The van der Waals surface area contributed by atoms with E-state index in [0.717, 1.165) is 17.1 Å². The number of carbonyl (C=O) groups excluding carboxylic acids is 1. The van der Waals surface area contributed by atoms with E-state index in [1.807, 2.05) is 16.7 Å². The van der Waals surface area contributed by atoms with Gasteiger partial charge in [-0.15, -0.1) is 0 Å². The normalized spacial score (nSPS) is 13.4. The van der Waals surface area contributed by atoms with Gasteiger partial charge < -0.3 is 19.9 Å². The molecule has 1 aliphatic heterocycles. The van der Waals surface area contributed by atoms with Gasteiger partial charge >= 0.3 is 0 Å². The predicted octanol–water partition coefficient (Wildman–Crippen LogP) is 3.81. The van der Waals surface area contributed by atoms with Gasteiger partial charge in [0.1, 0.15) is 23.2 Å². The van der Waals surface area contributed by atoms with Crippen LogP contribution in [0.3, 0.4) is 0 Å². The predicted molar refractivity (Wildman–Crippen MR) is 118 cm³/mol. The Bertz CT molecular complexity index is 1170. The summed E-state index contributed by atoms with van der Waals surface area (Å²) >= 11 is 0. The highest BCUT2D eigenvalue weighted by molar-refractivity contribution is 5.79. The molecule has 164 valence electrons. The number of halogens is 1. The van der Waals surface area contributed by atoms with Crippen molar-refractivity contribution < 1.29 is 14.3 Å². The van der Waals surface area contributed by atoms with E-state index in [4.69, 9.17) is 10.2 Å². The van der Waals surface area contributed by atoms with Crippen molar-refractivity contribution in [1.82, 2.24) is 14.5 Å². The van der Waals surface area contributed by atoms with Crippen LogP contribution in [0.5, 0.6) is 0 Å². The number of nitriles is 1. The van der Waals surface area contributed by atoms with Crippen LogP contribution in [0.25, 0.3) is 11.3 Å². The number of benzene rings is 2. The Kier molecular flexibility index (Phi) is 5.68. The van der Waals surface area contributed by atoms with Crippen LogP contribution in [-0.4, -0.2) is 37.6 Å². The van der Waals surface area contributed by atoms with E-state index >= 15 is 0 Å². The highest BCUT2D eigenvalue weighted by Gasteiger charge is 2.29. The van der Waals surface area contributed by atoms with Gasteiger partial charge in [-0.1, -0.05) is 0 Å². The van der Waals surface area contributed by atoms with Crippen molar-refractivity contribution in [2.45, 2.75) is 39.0 Å². The Balaban J connectivity index is 1.69. The lowest BCUT2D eigenvalue weighted by Crippen LogP contribution is -2.41. The van der Waals surface area contributed by atoms with E-state index in [1.165, 1.54) is 12.1 Å². The molecule has 0 spiro atoms. The third-order valence-corrected chi connectivity index (χ3v) is 5.30. The van der Waals surface area contributed by atoms with Crippen molar-refractivity contribution in [1.29, 1.82) is 5.26 Å². The molecule has 1 amide bonds. The van der Waals surface area contributed by atoms with Crippen LogP contribution < -0.4 is 5.32 Å². The van der Waals surface area contributed by atoms with Crippen molar-refractivity contribution >= 4 is 17.4 Å². The number of fused-ring (bicyclic) bond motifs is 1. The zero-order valence-corrected chi connectivity index (χ0v) is 18.0. The van der Waals surface area contributed by atoms with Gasteiger partial charge in [0.2, 0.25) is 5.91 Å². The molecule has 7 nitrogen and oxygen atoms in total. The third-order valence-electron chi connectivity index (χ3n) is 5.30. The smallest absolute Gasteiger partial charge is 0.225 e. The summed E-state index contributed by atoms with van der Waals surface area (Å²) in [6.07, 6.45) is 0.0366. The van der Waals surface area contributed by atoms with Crippen LogP contribution in [0.2, 0.25) is 0 Å². The Morgan fingerprint density at radius 1 is 1.19 bits per heavy atom. The van der Waals surface area contributed by atoms with E-state index in [-0.39, 0.29) is 18.1 Å². The topological polar surface area (TPSA) is 94.2 Å². The fourth-order valence-electron chi connectivity index (χ4n) is 3.73. The van der Waals surface area contributed by atoms with Gasteiger partial charge in [-0.25, -0.2) is 9.37 Å². The minimum Gasteiger partial charge on any atom is -0.390 e. The first-order chi connectivity index (χ1) is 15.2. The van der Waals surface area contributed by atoms with Crippen LogP contribution >= 0.6 is 0 Å². The van der Waals surface area contributed by atoms with Gasteiger partial charge in [0.25, 0.3) is 0 Å². The molecule has 8 heteroatoms. The van der Waals surface area contributed by atoms with Crippen molar-refractivity contribution in [3.8, 4) is 17.3 Å². The van der Waals surface area contributed by atoms with E-state index in [0.29, 0.717) is 36.7 Å².